The van der Waals surface area contributed by atoms with E-state index in [0.29, 0.717) is 0 Å². The van der Waals surface area contributed by atoms with E-state index in [1.165, 1.54) is 12.8 Å². The van der Waals surface area contributed by atoms with Crippen molar-refractivity contribution in [2.45, 2.75) is 90.3 Å². The Hall–Kier alpha value is -0.0800. The van der Waals surface area contributed by atoms with E-state index in [9.17, 15) is 10.2 Å². The molecule has 17 heavy (non-hydrogen) atoms. The zero-order valence-corrected chi connectivity index (χ0v) is 11.6. The molecule has 0 aliphatic heterocycles. The molecule has 0 amide bonds. The number of rotatable bonds is 8. The maximum Gasteiger partial charge on any atom is 0.0621 e. The van der Waals surface area contributed by atoms with Gasteiger partial charge in [-0.25, -0.2) is 0 Å². The number of unbranched alkanes of at least 4 members (excludes halogenated alkanes) is 2. The molecule has 2 N–H and O–H groups in total. The molecule has 1 rings (SSSR count). The minimum absolute atomic E-state index is 0.176. The molecule has 0 aromatic heterocycles. The SMILES string of the molecule is CCCCC(O)C1(C(O)CCCC)CCCC1. The molecule has 1 fully saturated rings. The summed E-state index contributed by atoms with van der Waals surface area (Å²) in [5, 5.41) is 20.9. The molecule has 0 aromatic carbocycles. The first-order chi connectivity index (χ1) is 8.17. The quantitative estimate of drug-likeness (QED) is 0.682. The fourth-order valence-electron chi connectivity index (χ4n) is 3.29. The Morgan fingerprint density at radius 3 is 1.65 bits per heavy atom. The van der Waals surface area contributed by atoms with Crippen LogP contribution < -0.4 is 0 Å². The lowest BCUT2D eigenvalue weighted by Gasteiger charge is -2.39. The smallest absolute Gasteiger partial charge is 0.0621 e. The Labute approximate surface area is 106 Å². The van der Waals surface area contributed by atoms with Gasteiger partial charge in [-0.05, 0) is 25.7 Å². The third kappa shape index (κ3) is 3.69. The molecule has 2 atom stereocenters. The van der Waals surface area contributed by atoms with E-state index < -0.39 is 0 Å². The zero-order chi connectivity index (χ0) is 12.7. The molecule has 2 nitrogen and oxygen atoms in total. The van der Waals surface area contributed by atoms with Gasteiger partial charge in [0.15, 0.2) is 0 Å². The minimum Gasteiger partial charge on any atom is -0.392 e. The summed E-state index contributed by atoms with van der Waals surface area (Å²) in [6, 6.07) is 0. The van der Waals surface area contributed by atoms with Crippen molar-refractivity contribution in [3.05, 3.63) is 0 Å². The van der Waals surface area contributed by atoms with Crippen LogP contribution in [0.2, 0.25) is 0 Å². The van der Waals surface area contributed by atoms with Crippen LogP contribution in [-0.4, -0.2) is 22.4 Å². The normalized spacial score (nSPS) is 22.6. The highest BCUT2D eigenvalue weighted by molar-refractivity contribution is 4.95. The van der Waals surface area contributed by atoms with Crippen molar-refractivity contribution < 1.29 is 10.2 Å². The van der Waals surface area contributed by atoms with Gasteiger partial charge in [0.1, 0.15) is 0 Å². The van der Waals surface area contributed by atoms with Crippen LogP contribution in [0, 0.1) is 5.41 Å². The summed E-state index contributed by atoms with van der Waals surface area (Å²) in [5.41, 5.74) is -0.176. The summed E-state index contributed by atoms with van der Waals surface area (Å²) in [6.45, 7) is 4.31. The second kappa shape index (κ2) is 7.38. The maximum absolute atomic E-state index is 10.4. The number of aliphatic hydroxyl groups excluding tert-OH is 2. The van der Waals surface area contributed by atoms with Crippen molar-refractivity contribution in [1.29, 1.82) is 0 Å². The average molecular weight is 242 g/mol. The van der Waals surface area contributed by atoms with Crippen LogP contribution >= 0.6 is 0 Å². The molecule has 0 spiro atoms. The van der Waals surface area contributed by atoms with Gasteiger partial charge in [-0.2, -0.15) is 0 Å². The summed E-state index contributed by atoms with van der Waals surface area (Å²) in [6.07, 6.45) is 9.90. The third-order valence-corrected chi connectivity index (χ3v) is 4.52. The number of hydrogen-bond acceptors (Lipinski definition) is 2. The highest BCUT2D eigenvalue weighted by Gasteiger charge is 2.45. The van der Waals surface area contributed by atoms with Crippen LogP contribution in [0.3, 0.4) is 0 Å². The summed E-state index contributed by atoms with van der Waals surface area (Å²) in [5.74, 6) is 0. The molecule has 102 valence electrons. The summed E-state index contributed by atoms with van der Waals surface area (Å²) in [7, 11) is 0. The molecule has 2 heteroatoms. The van der Waals surface area contributed by atoms with Gasteiger partial charge in [0.25, 0.3) is 0 Å². The fraction of sp³-hybridized carbons (Fsp3) is 1.00. The van der Waals surface area contributed by atoms with E-state index in [1.807, 2.05) is 0 Å². The lowest BCUT2D eigenvalue weighted by Crippen LogP contribution is -2.43. The topological polar surface area (TPSA) is 40.5 Å². The molecule has 1 saturated carbocycles. The van der Waals surface area contributed by atoms with Crippen molar-refractivity contribution >= 4 is 0 Å². The first-order valence-electron chi connectivity index (χ1n) is 7.53. The van der Waals surface area contributed by atoms with Crippen molar-refractivity contribution in [2.24, 2.45) is 5.41 Å². The van der Waals surface area contributed by atoms with Crippen LogP contribution in [0.1, 0.15) is 78.1 Å². The zero-order valence-electron chi connectivity index (χ0n) is 11.6. The fourth-order valence-corrected chi connectivity index (χ4v) is 3.29. The number of hydrogen-bond donors (Lipinski definition) is 2. The van der Waals surface area contributed by atoms with Crippen molar-refractivity contribution in [3.8, 4) is 0 Å². The monoisotopic (exact) mass is 242 g/mol. The van der Waals surface area contributed by atoms with Gasteiger partial charge in [0.2, 0.25) is 0 Å². The van der Waals surface area contributed by atoms with E-state index in [0.717, 1.165) is 51.4 Å². The Morgan fingerprint density at radius 2 is 1.29 bits per heavy atom. The third-order valence-electron chi connectivity index (χ3n) is 4.52. The van der Waals surface area contributed by atoms with Crippen molar-refractivity contribution in [3.63, 3.8) is 0 Å². The molecular formula is C15H30O2. The molecular weight excluding hydrogens is 212 g/mol. The Balaban J connectivity index is 2.60. The molecule has 0 saturated heterocycles. The van der Waals surface area contributed by atoms with E-state index >= 15 is 0 Å². The van der Waals surface area contributed by atoms with Crippen LogP contribution in [0.5, 0.6) is 0 Å². The molecule has 0 heterocycles. The molecule has 1 aliphatic carbocycles. The summed E-state index contributed by atoms with van der Waals surface area (Å²) < 4.78 is 0. The average Bonchev–Trinajstić information content (AvgIpc) is 2.83. The highest BCUT2D eigenvalue weighted by atomic mass is 16.3. The Kier molecular flexibility index (Phi) is 6.50. The van der Waals surface area contributed by atoms with Crippen molar-refractivity contribution in [1.82, 2.24) is 0 Å². The van der Waals surface area contributed by atoms with Crippen LogP contribution in [0.15, 0.2) is 0 Å². The van der Waals surface area contributed by atoms with E-state index in [1.54, 1.807) is 0 Å². The lowest BCUT2D eigenvalue weighted by molar-refractivity contribution is -0.0744. The van der Waals surface area contributed by atoms with Crippen molar-refractivity contribution in [2.75, 3.05) is 0 Å². The predicted molar refractivity (Wildman–Crippen MR) is 72.0 cm³/mol. The first kappa shape index (κ1) is 15.0. The van der Waals surface area contributed by atoms with E-state index in [4.69, 9.17) is 0 Å². The van der Waals surface area contributed by atoms with Crippen LogP contribution in [0.4, 0.5) is 0 Å². The van der Waals surface area contributed by atoms with Crippen LogP contribution in [-0.2, 0) is 0 Å². The second-order valence-electron chi connectivity index (χ2n) is 5.76. The maximum atomic E-state index is 10.4. The van der Waals surface area contributed by atoms with Gasteiger partial charge in [-0.15, -0.1) is 0 Å². The van der Waals surface area contributed by atoms with Gasteiger partial charge >= 0.3 is 0 Å². The second-order valence-corrected chi connectivity index (χ2v) is 5.76. The predicted octanol–water partition coefficient (Wildman–Crippen LogP) is 3.65. The Bertz CT molecular complexity index is 181. The summed E-state index contributed by atoms with van der Waals surface area (Å²) in [4.78, 5) is 0. The van der Waals surface area contributed by atoms with Gasteiger partial charge in [0.05, 0.1) is 12.2 Å². The van der Waals surface area contributed by atoms with Gasteiger partial charge in [-0.1, -0.05) is 52.4 Å². The van der Waals surface area contributed by atoms with Gasteiger partial charge < -0.3 is 10.2 Å². The largest absolute Gasteiger partial charge is 0.392 e. The molecule has 1 aliphatic rings. The van der Waals surface area contributed by atoms with Gasteiger partial charge in [-0.3, -0.25) is 0 Å². The molecule has 0 bridgehead atoms. The lowest BCUT2D eigenvalue weighted by atomic mass is 9.72. The standard InChI is InChI=1S/C15H30O2/c1-3-5-9-13(16)15(11-7-8-12-15)14(17)10-6-4-2/h13-14,16-17H,3-12H2,1-2H3. The van der Waals surface area contributed by atoms with Crippen LogP contribution in [0.25, 0.3) is 0 Å². The number of aliphatic hydroxyl groups is 2. The highest BCUT2D eigenvalue weighted by Crippen LogP contribution is 2.46. The molecule has 0 aromatic rings. The molecule has 0 radical (unpaired) electrons. The minimum atomic E-state index is -0.295. The first-order valence-corrected chi connectivity index (χ1v) is 7.53. The Morgan fingerprint density at radius 1 is 0.882 bits per heavy atom. The van der Waals surface area contributed by atoms with Gasteiger partial charge in [0, 0.05) is 5.41 Å². The van der Waals surface area contributed by atoms with E-state index in [2.05, 4.69) is 13.8 Å². The molecule has 2 unspecified atom stereocenters. The summed E-state index contributed by atoms with van der Waals surface area (Å²) >= 11 is 0. The van der Waals surface area contributed by atoms with E-state index in [-0.39, 0.29) is 17.6 Å².